The number of nitrogens with one attached hydrogen (secondary N) is 1. The second-order valence-corrected chi connectivity index (χ2v) is 7.32. The van der Waals surface area contributed by atoms with E-state index < -0.39 is 0 Å². The first-order valence-electron chi connectivity index (χ1n) is 8.63. The zero-order chi connectivity index (χ0) is 15.3. The van der Waals surface area contributed by atoms with Gasteiger partial charge in [-0.2, -0.15) is 0 Å². The fraction of sp³-hybridized carbons (Fsp3) is 0.941. The number of carbonyl (C=O) groups is 1. The van der Waals surface area contributed by atoms with E-state index in [1.165, 1.54) is 19.3 Å². The summed E-state index contributed by atoms with van der Waals surface area (Å²) in [5.74, 6) is 0.151. The molecule has 2 fully saturated rings. The van der Waals surface area contributed by atoms with Gasteiger partial charge in [-0.05, 0) is 51.4 Å². The van der Waals surface area contributed by atoms with Crippen molar-refractivity contribution in [2.24, 2.45) is 17.1 Å². The van der Waals surface area contributed by atoms with Gasteiger partial charge in [0.05, 0.1) is 5.92 Å². The molecule has 0 aromatic rings. The molecule has 0 spiro atoms. The molecule has 0 heterocycles. The molecule has 3 N–H and O–H groups in total. The third-order valence-corrected chi connectivity index (χ3v) is 5.60. The summed E-state index contributed by atoms with van der Waals surface area (Å²) in [6.45, 7) is 6.44. The van der Waals surface area contributed by atoms with Crippen LogP contribution in [0.2, 0.25) is 0 Å². The zero-order valence-corrected chi connectivity index (χ0v) is 15.0. The SMILES string of the molecule is CCOCCC1(CNC(=O)C2CCCCC2(C)N)CCC1.Cl. The number of rotatable bonds is 7. The Labute approximate surface area is 141 Å². The quantitative estimate of drug-likeness (QED) is 0.704. The maximum absolute atomic E-state index is 12.5. The van der Waals surface area contributed by atoms with Crippen LogP contribution < -0.4 is 11.1 Å². The van der Waals surface area contributed by atoms with Crippen molar-refractivity contribution in [3.63, 3.8) is 0 Å². The molecule has 2 saturated carbocycles. The molecule has 5 heteroatoms. The Bertz CT molecular complexity index is 357. The topological polar surface area (TPSA) is 64.3 Å². The molecule has 1 amide bonds. The van der Waals surface area contributed by atoms with Gasteiger partial charge in [0, 0.05) is 25.3 Å². The van der Waals surface area contributed by atoms with Crippen LogP contribution in [0.5, 0.6) is 0 Å². The summed E-state index contributed by atoms with van der Waals surface area (Å²) >= 11 is 0. The lowest BCUT2D eigenvalue weighted by Crippen LogP contribution is -2.54. The van der Waals surface area contributed by atoms with E-state index in [1.807, 2.05) is 13.8 Å². The predicted molar refractivity (Wildman–Crippen MR) is 92.2 cm³/mol. The number of hydrogen-bond donors (Lipinski definition) is 2. The molecular formula is C17H33ClN2O2. The molecule has 4 nitrogen and oxygen atoms in total. The summed E-state index contributed by atoms with van der Waals surface area (Å²) in [5.41, 5.74) is 6.28. The minimum Gasteiger partial charge on any atom is -0.382 e. The summed E-state index contributed by atoms with van der Waals surface area (Å²) in [4.78, 5) is 12.5. The fourth-order valence-corrected chi connectivity index (χ4v) is 3.81. The largest absolute Gasteiger partial charge is 0.382 e. The first-order valence-corrected chi connectivity index (χ1v) is 8.63. The van der Waals surface area contributed by atoms with Crippen molar-refractivity contribution in [1.82, 2.24) is 5.32 Å². The molecule has 0 aromatic carbocycles. The van der Waals surface area contributed by atoms with Crippen molar-refractivity contribution in [3.05, 3.63) is 0 Å². The molecule has 22 heavy (non-hydrogen) atoms. The second-order valence-electron chi connectivity index (χ2n) is 7.32. The van der Waals surface area contributed by atoms with Gasteiger partial charge in [0.25, 0.3) is 0 Å². The second kappa shape index (κ2) is 8.51. The van der Waals surface area contributed by atoms with Gasteiger partial charge in [-0.1, -0.05) is 19.3 Å². The van der Waals surface area contributed by atoms with Gasteiger partial charge in [-0.3, -0.25) is 4.79 Å². The molecule has 0 aliphatic heterocycles. The zero-order valence-electron chi connectivity index (χ0n) is 14.2. The van der Waals surface area contributed by atoms with Crippen molar-refractivity contribution in [1.29, 1.82) is 0 Å². The fourth-order valence-electron chi connectivity index (χ4n) is 3.81. The summed E-state index contributed by atoms with van der Waals surface area (Å²) < 4.78 is 5.49. The lowest BCUT2D eigenvalue weighted by atomic mass is 9.66. The van der Waals surface area contributed by atoms with Gasteiger partial charge in [-0.15, -0.1) is 12.4 Å². The standard InChI is InChI=1S/C17H32N2O2.ClH/c1-3-21-12-11-17(9-6-10-17)13-19-15(20)14-7-4-5-8-16(14,2)18;/h14H,3-13,18H2,1-2H3,(H,19,20);1H. The van der Waals surface area contributed by atoms with Crippen molar-refractivity contribution in [3.8, 4) is 0 Å². The summed E-state index contributed by atoms with van der Waals surface area (Å²) in [6.07, 6.45) is 8.93. The van der Waals surface area contributed by atoms with Crippen molar-refractivity contribution in [2.75, 3.05) is 19.8 Å². The Morgan fingerprint density at radius 1 is 1.27 bits per heavy atom. The number of amides is 1. The van der Waals surface area contributed by atoms with E-state index in [1.54, 1.807) is 0 Å². The minimum atomic E-state index is -0.333. The van der Waals surface area contributed by atoms with E-state index in [-0.39, 0.29) is 35.2 Å². The molecular weight excluding hydrogens is 300 g/mol. The van der Waals surface area contributed by atoms with Crippen LogP contribution in [-0.4, -0.2) is 31.2 Å². The van der Waals surface area contributed by atoms with Crippen molar-refractivity contribution >= 4 is 18.3 Å². The highest BCUT2D eigenvalue weighted by atomic mass is 35.5. The molecule has 2 aliphatic rings. The maximum atomic E-state index is 12.5. The van der Waals surface area contributed by atoms with Crippen LogP contribution >= 0.6 is 12.4 Å². The Morgan fingerprint density at radius 3 is 2.55 bits per heavy atom. The molecule has 2 aliphatic carbocycles. The van der Waals surface area contributed by atoms with Crippen LogP contribution in [0.3, 0.4) is 0 Å². The van der Waals surface area contributed by atoms with Crippen LogP contribution in [0.1, 0.15) is 65.2 Å². The van der Waals surface area contributed by atoms with E-state index >= 15 is 0 Å². The van der Waals surface area contributed by atoms with E-state index in [4.69, 9.17) is 10.5 Å². The molecule has 2 atom stereocenters. The van der Waals surface area contributed by atoms with Crippen LogP contribution in [0.15, 0.2) is 0 Å². The molecule has 2 unspecified atom stereocenters. The summed E-state index contributed by atoms with van der Waals surface area (Å²) in [6, 6.07) is 0. The van der Waals surface area contributed by atoms with Crippen LogP contribution in [0.4, 0.5) is 0 Å². The average Bonchev–Trinajstić information content (AvgIpc) is 2.40. The number of ether oxygens (including phenoxy) is 1. The predicted octanol–water partition coefficient (Wildman–Crippen LogP) is 3.03. The first-order chi connectivity index (χ1) is 9.99. The smallest absolute Gasteiger partial charge is 0.224 e. The van der Waals surface area contributed by atoms with Crippen LogP contribution in [0, 0.1) is 11.3 Å². The maximum Gasteiger partial charge on any atom is 0.224 e. The van der Waals surface area contributed by atoms with Gasteiger partial charge in [0.15, 0.2) is 0 Å². The Hall–Kier alpha value is -0.320. The van der Waals surface area contributed by atoms with Crippen molar-refractivity contribution in [2.45, 2.75) is 70.8 Å². The minimum absolute atomic E-state index is 0. The van der Waals surface area contributed by atoms with E-state index in [0.29, 0.717) is 0 Å². The van der Waals surface area contributed by atoms with Gasteiger partial charge in [0.1, 0.15) is 0 Å². The Balaban J connectivity index is 0.00000242. The number of carbonyl (C=O) groups excluding carboxylic acids is 1. The lowest BCUT2D eigenvalue weighted by molar-refractivity contribution is -0.129. The number of hydrogen-bond acceptors (Lipinski definition) is 3. The normalized spacial score (nSPS) is 30.0. The molecule has 130 valence electrons. The molecule has 0 radical (unpaired) electrons. The molecule has 0 bridgehead atoms. The average molecular weight is 333 g/mol. The van der Waals surface area contributed by atoms with Crippen molar-refractivity contribution < 1.29 is 9.53 Å². The number of halogens is 1. The van der Waals surface area contributed by atoms with Gasteiger partial charge < -0.3 is 15.8 Å². The molecule has 0 saturated heterocycles. The third-order valence-electron chi connectivity index (χ3n) is 5.60. The highest BCUT2D eigenvalue weighted by Gasteiger charge is 2.40. The highest BCUT2D eigenvalue weighted by Crippen LogP contribution is 2.43. The first kappa shape index (κ1) is 19.7. The van der Waals surface area contributed by atoms with E-state index in [2.05, 4.69) is 5.32 Å². The van der Waals surface area contributed by atoms with Crippen LogP contribution in [0.25, 0.3) is 0 Å². The highest BCUT2D eigenvalue weighted by molar-refractivity contribution is 5.85. The Morgan fingerprint density at radius 2 is 2.00 bits per heavy atom. The number of nitrogens with two attached hydrogens (primary N) is 1. The van der Waals surface area contributed by atoms with Crippen LogP contribution in [-0.2, 0) is 9.53 Å². The lowest BCUT2D eigenvalue weighted by Gasteiger charge is -2.43. The Kier molecular flexibility index (Phi) is 7.63. The van der Waals surface area contributed by atoms with Gasteiger partial charge in [-0.25, -0.2) is 0 Å². The monoisotopic (exact) mass is 332 g/mol. The molecule has 2 rings (SSSR count). The van der Waals surface area contributed by atoms with E-state index in [9.17, 15) is 4.79 Å². The summed E-state index contributed by atoms with van der Waals surface area (Å²) in [7, 11) is 0. The van der Waals surface area contributed by atoms with Gasteiger partial charge in [0.2, 0.25) is 5.91 Å². The molecule has 0 aromatic heterocycles. The van der Waals surface area contributed by atoms with E-state index in [0.717, 1.165) is 51.9 Å². The summed E-state index contributed by atoms with van der Waals surface area (Å²) in [5, 5.41) is 3.20. The third kappa shape index (κ3) is 4.84. The van der Waals surface area contributed by atoms with Gasteiger partial charge >= 0.3 is 0 Å².